The lowest BCUT2D eigenvalue weighted by Crippen LogP contribution is -2.13. The van der Waals surface area contributed by atoms with Crippen molar-refractivity contribution in [2.75, 3.05) is 16.4 Å². The zero-order chi connectivity index (χ0) is 19.4. The van der Waals surface area contributed by atoms with Crippen LogP contribution in [-0.2, 0) is 0 Å². The first kappa shape index (κ1) is 17.9. The van der Waals surface area contributed by atoms with Crippen LogP contribution >= 0.6 is 0 Å². The maximum absolute atomic E-state index is 13.1. The van der Waals surface area contributed by atoms with Crippen molar-refractivity contribution in [3.8, 4) is 11.1 Å². The summed E-state index contributed by atoms with van der Waals surface area (Å²) in [5.74, 6) is -0.719. The molecule has 6 nitrogen and oxygen atoms in total. The minimum absolute atomic E-state index is 0.330. The quantitative estimate of drug-likeness (QED) is 0.514. The average Bonchev–Trinajstić information content (AvgIpc) is 2.64. The number of halogens is 1. The summed E-state index contributed by atoms with van der Waals surface area (Å²) in [6, 6.07) is 17.1. The molecule has 5 N–H and O–H groups in total. The molecule has 0 aliphatic carbocycles. The van der Waals surface area contributed by atoms with E-state index in [2.05, 4.69) is 10.6 Å². The molecule has 0 fully saturated rings. The zero-order valence-corrected chi connectivity index (χ0v) is 14.1. The van der Waals surface area contributed by atoms with Crippen LogP contribution in [0.3, 0.4) is 0 Å². The molecule has 27 heavy (non-hydrogen) atoms. The highest BCUT2D eigenvalue weighted by atomic mass is 19.1. The Morgan fingerprint density at radius 3 is 2.11 bits per heavy atom. The minimum Gasteiger partial charge on any atom is -0.465 e. The molecule has 0 atom stereocenters. The second-order valence-corrected chi connectivity index (χ2v) is 5.77. The number of nitrogens with two attached hydrogens (primary N) is 1. The summed E-state index contributed by atoms with van der Waals surface area (Å²) < 4.78 is 13.1. The van der Waals surface area contributed by atoms with Crippen molar-refractivity contribution in [1.29, 1.82) is 0 Å². The van der Waals surface area contributed by atoms with Gasteiger partial charge >= 0.3 is 6.09 Å². The number of carbonyl (C=O) groups is 2. The van der Waals surface area contributed by atoms with Crippen molar-refractivity contribution in [3.63, 3.8) is 0 Å². The lowest BCUT2D eigenvalue weighted by molar-refractivity contribution is 0.102. The van der Waals surface area contributed by atoms with Gasteiger partial charge in [-0.3, -0.25) is 10.1 Å². The zero-order valence-electron chi connectivity index (χ0n) is 14.1. The van der Waals surface area contributed by atoms with Crippen molar-refractivity contribution in [2.45, 2.75) is 0 Å². The molecule has 0 heterocycles. The predicted octanol–water partition coefficient (Wildman–Crippen LogP) is 4.42. The van der Waals surface area contributed by atoms with E-state index in [4.69, 9.17) is 10.8 Å². The molecule has 0 saturated carbocycles. The SMILES string of the molecule is Nc1ccc(-c2ccc(F)cc2)cc1NC(=O)c1ccc(NC(=O)O)cc1. The summed E-state index contributed by atoms with van der Waals surface area (Å²) >= 11 is 0. The Bertz CT molecular complexity index is 986. The van der Waals surface area contributed by atoms with Gasteiger partial charge < -0.3 is 16.2 Å². The van der Waals surface area contributed by atoms with Gasteiger partial charge in [0.15, 0.2) is 0 Å². The molecule has 7 heteroatoms. The number of benzene rings is 3. The van der Waals surface area contributed by atoms with E-state index in [-0.39, 0.29) is 11.7 Å². The number of hydrogen-bond donors (Lipinski definition) is 4. The number of amides is 2. The molecular weight excluding hydrogens is 349 g/mol. The Labute approximate surface area is 154 Å². The number of nitrogens with one attached hydrogen (secondary N) is 2. The highest BCUT2D eigenvalue weighted by molar-refractivity contribution is 6.06. The van der Waals surface area contributed by atoms with Crippen LogP contribution in [0.4, 0.5) is 26.2 Å². The van der Waals surface area contributed by atoms with Crippen molar-refractivity contribution in [2.24, 2.45) is 0 Å². The third-order valence-corrected chi connectivity index (χ3v) is 3.88. The smallest absolute Gasteiger partial charge is 0.409 e. The van der Waals surface area contributed by atoms with Crippen molar-refractivity contribution in [3.05, 3.63) is 78.1 Å². The molecule has 0 aromatic heterocycles. The molecule has 0 unspecified atom stereocenters. The van der Waals surface area contributed by atoms with E-state index in [1.54, 1.807) is 30.3 Å². The Morgan fingerprint density at radius 2 is 1.48 bits per heavy atom. The number of anilines is 3. The molecule has 136 valence electrons. The molecular formula is C20H16FN3O3. The first-order valence-electron chi connectivity index (χ1n) is 7.99. The van der Waals surface area contributed by atoms with Crippen LogP contribution in [0.2, 0.25) is 0 Å². The van der Waals surface area contributed by atoms with Gasteiger partial charge in [-0.2, -0.15) is 0 Å². The van der Waals surface area contributed by atoms with Gasteiger partial charge in [-0.1, -0.05) is 18.2 Å². The molecule has 3 aromatic carbocycles. The van der Waals surface area contributed by atoms with Gasteiger partial charge in [-0.05, 0) is 59.7 Å². The van der Waals surface area contributed by atoms with Gasteiger partial charge in [0.05, 0.1) is 11.4 Å². The highest BCUT2D eigenvalue weighted by Gasteiger charge is 2.10. The Balaban J connectivity index is 1.80. The maximum Gasteiger partial charge on any atom is 0.409 e. The molecule has 0 spiro atoms. The lowest BCUT2D eigenvalue weighted by atomic mass is 10.0. The van der Waals surface area contributed by atoms with Crippen molar-refractivity contribution < 1.29 is 19.1 Å². The second kappa shape index (κ2) is 7.57. The van der Waals surface area contributed by atoms with Crippen LogP contribution in [-0.4, -0.2) is 17.1 Å². The fourth-order valence-corrected chi connectivity index (χ4v) is 2.51. The van der Waals surface area contributed by atoms with Gasteiger partial charge in [0.25, 0.3) is 5.91 Å². The molecule has 2 amide bonds. The lowest BCUT2D eigenvalue weighted by Gasteiger charge is -2.11. The number of rotatable bonds is 4. The van der Waals surface area contributed by atoms with Crippen molar-refractivity contribution >= 4 is 29.1 Å². The first-order valence-corrected chi connectivity index (χ1v) is 7.99. The number of hydrogen-bond acceptors (Lipinski definition) is 3. The third-order valence-electron chi connectivity index (χ3n) is 3.88. The van der Waals surface area contributed by atoms with E-state index in [0.717, 1.165) is 11.1 Å². The van der Waals surface area contributed by atoms with E-state index < -0.39 is 6.09 Å². The van der Waals surface area contributed by atoms with Gasteiger partial charge in [-0.15, -0.1) is 0 Å². The summed E-state index contributed by atoms with van der Waals surface area (Å²) in [6.07, 6.45) is -1.18. The summed E-state index contributed by atoms with van der Waals surface area (Å²) in [6.45, 7) is 0. The van der Waals surface area contributed by atoms with Gasteiger partial charge in [0.2, 0.25) is 0 Å². The molecule has 0 saturated heterocycles. The summed E-state index contributed by atoms with van der Waals surface area (Å²) in [5, 5.41) is 13.6. The summed E-state index contributed by atoms with van der Waals surface area (Å²) in [5.41, 5.74) is 9.03. The van der Waals surface area contributed by atoms with Gasteiger partial charge in [-0.25, -0.2) is 9.18 Å². The Hall–Kier alpha value is -3.87. The molecule has 0 aliphatic rings. The van der Waals surface area contributed by atoms with Crippen LogP contribution in [0.15, 0.2) is 66.7 Å². The fraction of sp³-hybridized carbons (Fsp3) is 0. The average molecular weight is 365 g/mol. The topological polar surface area (TPSA) is 104 Å². The van der Waals surface area contributed by atoms with Crippen LogP contribution in [0.25, 0.3) is 11.1 Å². The number of carboxylic acid groups (broad SMARTS) is 1. The van der Waals surface area contributed by atoms with Crippen molar-refractivity contribution in [1.82, 2.24) is 0 Å². The predicted molar refractivity (Wildman–Crippen MR) is 102 cm³/mol. The van der Waals surface area contributed by atoms with Crippen LogP contribution in [0, 0.1) is 5.82 Å². The maximum atomic E-state index is 13.1. The van der Waals surface area contributed by atoms with E-state index in [0.29, 0.717) is 22.6 Å². The van der Waals surface area contributed by atoms with E-state index in [9.17, 15) is 14.0 Å². The largest absolute Gasteiger partial charge is 0.465 e. The monoisotopic (exact) mass is 365 g/mol. The molecule has 0 bridgehead atoms. The Morgan fingerprint density at radius 1 is 0.852 bits per heavy atom. The summed E-state index contributed by atoms with van der Waals surface area (Å²) in [7, 11) is 0. The van der Waals surface area contributed by atoms with Gasteiger partial charge in [0.1, 0.15) is 5.82 Å². The van der Waals surface area contributed by atoms with Gasteiger partial charge in [0, 0.05) is 11.3 Å². The Kier molecular flexibility index (Phi) is 5.03. The summed E-state index contributed by atoms with van der Waals surface area (Å²) in [4.78, 5) is 23.0. The number of nitrogen functional groups attached to an aromatic ring is 1. The fourth-order valence-electron chi connectivity index (χ4n) is 2.51. The van der Waals surface area contributed by atoms with E-state index in [1.165, 1.54) is 36.4 Å². The van der Waals surface area contributed by atoms with E-state index in [1.807, 2.05) is 0 Å². The number of carbonyl (C=O) groups excluding carboxylic acids is 1. The molecule has 3 aromatic rings. The van der Waals surface area contributed by atoms with Crippen LogP contribution in [0.5, 0.6) is 0 Å². The third kappa shape index (κ3) is 4.40. The van der Waals surface area contributed by atoms with E-state index >= 15 is 0 Å². The minimum atomic E-state index is -1.18. The molecule has 3 rings (SSSR count). The molecule has 0 radical (unpaired) electrons. The normalized spacial score (nSPS) is 10.3. The van der Waals surface area contributed by atoms with Crippen LogP contribution < -0.4 is 16.4 Å². The second-order valence-electron chi connectivity index (χ2n) is 5.77. The molecule has 0 aliphatic heterocycles. The standard InChI is InChI=1S/C20H16FN3O3/c21-15-6-1-12(2-7-15)14-5-10-17(22)18(11-14)24-19(25)13-3-8-16(9-4-13)23-20(26)27/h1-11,23H,22H2,(H,24,25)(H,26,27). The highest BCUT2D eigenvalue weighted by Crippen LogP contribution is 2.28. The van der Waals surface area contributed by atoms with Crippen LogP contribution in [0.1, 0.15) is 10.4 Å². The first-order chi connectivity index (χ1) is 12.9.